The maximum absolute atomic E-state index is 11.3. The quantitative estimate of drug-likeness (QED) is 0.584. The molecule has 1 rings (SSSR count). The molecule has 0 N–H and O–H groups in total. The molecule has 1 fully saturated rings. The molecule has 1 amide bonds. The average Bonchev–Trinajstić information content (AvgIpc) is 1.96. The Labute approximate surface area is 67.3 Å². The molecular formula is C8H15NO2. The van der Waals surface area contributed by atoms with Gasteiger partial charge in [0.15, 0.2) is 0 Å². The molecule has 0 unspecified atom stereocenters. The Balaban J connectivity index is 2.31. The van der Waals surface area contributed by atoms with Gasteiger partial charge in [-0.15, -0.1) is 0 Å². The number of rotatable bonds is 2. The summed E-state index contributed by atoms with van der Waals surface area (Å²) in [6.45, 7) is 5.71. The van der Waals surface area contributed by atoms with Crippen LogP contribution in [0.15, 0.2) is 0 Å². The summed E-state index contributed by atoms with van der Waals surface area (Å²) < 4.78 is 4.91. The molecule has 3 nitrogen and oxygen atoms in total. The highest BCUT2D eigenvalue weighted by Crippen LogP contribution is 2.15. The Bertz CT molecular complexity index is 152. The van der Waals surface area contributed by atoms with Crippen molar-refractivity contribution < 1.29 is 9.53 Å². The third kappa shape index (κ3) is 1.71. The highest BCUT2D eigenvalue weighted by atomic mass is 16.5. The van der Waals surface area contributed by atoms with E-state index in [4.69, 9.17) is 4.74 Å². The summed E-state index contributed by atoms with van der Waals surface area (Å²) in [7, 11) is 1.56. The first kappa shape index (κ1) is 8.53. The SMILES string of the molecule is CO[C@H](C)C(=O)N1CC(C)C1. The van der Waals surface area contributed by atoms with Crippen molar-refractivity contribution in [3.05, 3.63) is 0 Å². The second-order valence-corrected chi connectivity index (χ2v) is 3.23. The van der Waals surface area contributed by atoms with Gasteiger partial charge in [-0.25, -0.2) is 0 Å². The van der Waals surface area contributed by atoms with Crippen LogP contribution < -0.4 is 0 Å². The van der Waals surface area contributed by atoms with Crippen LogP contribution in [0.25, 0.3) is 0 Å². The van der Waals surface area contributed by atoms with Gasteiger partial charge in [-0.3, -0.25) is 4.79 Å². The molecule has 0 aromatic heterocycles. The van der Waals surface area contributed by atoms with Gasteiger partial charge in [0.2, 0.25) is 0 Å². The van der Waals surface area contributed by atoms with Gasteiger partial charge in [0, 0.05) is 20.2 Å². The molecule has 3 heteroatoms. The summed E-state index contributed by atoms with van der Waals surface area (Å²) in [5.74, 6) is 0.786. The third-order valence-electron chi connectivity index (χ3n) is 2.08. The van der Waals surface area contributed by atoms with Gasteiger partial charge >= 0.3 is 0 Å². The Morgan fingerprint density at radius 1 is 1.64 bits per heavy atom. The lowest BCUT2D eigenvalue weighted by atomic mass is 10.0. The lowest BCUT2D eigenvalue weighted by molar-refractivity contribution is -0.147. The van der Waals surface area contributed by atoms with Crippen LogP contribution in [0.1, 0.15) is 13.8 Å². The number of hydrogen-bond donors (Lipinski definition) is 0. The molecule has 1 aliphatic rings. The molecule has 1 heterocycles. The predicted octanol–water partition coefficient (Wildman–Crippen LogP) is 0.500. The monoisotopic (exact) mass is 157 g/mol. The van der Waals surface area contributed by atoms with Crippen molar-refractivity contribution in [2.75, 3.05) is 20.2 Å². The fourth-order valence-corrected chi connectivity index (χ4v) is 1.24. The van der Waals surface area contributed by atoms with Crippen molar-refractivity contribution >= 4 is 5.91 Å². The van der Waals surface area contributed by atoms with E-state index in [1.807, 2.05) is 4.90 Å². The van der Waals surface area contributed by atoms with E-state index >= 15 is 0 Å². The highest BCUT2D eigenvalue weighted by Gasteiger charge is 2.29. The zero-order valence-electron chi connectivity index (χ0n) is 7.33. The zero-order valence-corrected chi connectivity index (χ0v) is 7.33. The summed E-state index contributed by atoms with van der Waals surface area (Å²) in [5.41, 5.74) is 0. The summed E-state index contributed by atoms with van der Waals surface area (Å²) in [6, 6.07) is 0. The van der Waals surface area contributed by atoms with Gasteiger partial charge in [0.1, 0.15) is 6.10 Å². The number of methoxy groups -OCH3 is 1. The maximum atomic E-state index is 11.3. The van der Waals surface area contributed by atoms with Crippen molar-refractivity contribution in [3.63, 3.8) is 0 Å². The minimum absolute atomic E-state index is 0.116. The Hall–Kier alpha value is -0.570. The first-order valence-corrected chi connectivity index (χ1v) is 3.96. The van der Waals surface area contributed by atoms with Gasteiger partial charge in [0.05, 0.1) is 0 Å². The van der Waals surface area contributed by atoms with Crippen molar-refractivity contribution in [1.29, 1.82) is 0 Å². The molecule has 0 radical (unpaired) electrons. The van der Waals surface area contributed by atoms with Crippen LogP contribution in [-0.4, -0.2) is 37.1 Å². The minimum Gasteiger partial charge on any atom is -0.372 e. The van der Waals surface area contributed by atoms with Crippen LogP contribution in [0.5, 0.6) is 0 Å². The van der Waals surface area contributed by atoms with E-state index < -0.39 is 0 Å². The van der Waals surface area contributed by atoms with Crippen molar-refractivity contribution in [2.24, 2.45) is 5.92 Å². The number of ether oxygens (including phenoxy) is 1. The van der Waals surface area contributed by atoms with Crippen LogP contribution in [0, 0.1) is 5.92 Å². The zero-order chi connectivity index (χ0) is 8.43. The highest BCUT2D eigenvalue weighted by molar-refractivity contribution is 5.81. The third-order valence-corrected chi connectivity index (χ3v) is 2.08. The van der Waals surface area contributed by atoms with Crippen LogP contribution >= 0.6 is 0 Å². The number of carbonyl (C=O) groups excluding carboxylic acids is 1. The van der Waals surface area contributed by atoms with E-state index in [0.29, 0.717) is 5.92 Å². The number of nitrogens with zero attached hydrogens (tertiary/aromatic N) is 1. The normalized spacial score (nSPS) is 21.2. The second-order valence-electron chi connectivity index (χ2n) is 3.23. The van der Waals surface area contributed by atoms with Gasteiger partial charge in [-0.1, -0.05) is 6.92 Å². The van der Waals surface area contributed by atoms with E-state index in [2.05, 4.69) is 6.92 Å². The summed E-state index contributed by atoms with van der Waals surface area (Å²) >= 11 is 0. The van der Waals surface area contributed by atoms with Crippen molar-refractivity contribution in [2.45, 2.75) is 20.0 Å². The van der Waals surface area contributed by atoms with E-state index in [1.54, 1.807) is 14.0 Å². The number of likely N-dealkylation sites (tertiary alicyclic amines) is 1. The molecule has 1 atom stereocenters. The van der Waals surface area contributed by atoms with Crippen LogP contribution in [0.2, 0.25) is 0 Å². The van der Waals surface area contributed by atoms with E-state index in [9.17, 15) is 4.79 Å². The van der Waals surface area contributed by atoms with E-state index in [0.717, 1.165) is 13.1 Å². The molecule has 1 saturated heterocycles. The fraction of sp³-hybridized carbons (Fsp3) is 0.875. The topological polar surface area (TPSA) is 29.5 Å². The lowest BCUT2D eigenvalue weighted by Gasteiger charge is -2.38. The first-order chi connectivity index (χ1) is 5.15. The first-order valence-electron chi connectivity index (χ1n) is 3.96. The number of amides is 1. The van der Waals surface area contributed by atoms with Crippen LogP contribution in [-0.2, 0) is 9.53 Å². The second kappa shape index (κ2) is 3.22. The molecule has 11 heavy (non-hydrogen) atoms. The number of carbonyl (C=O) groups is 1. The van der Waals surface area contributed by atoms with Crippen molar-refractivity contribution in [1.82, 2.24) is 4.90 Å². The smallest absolute Gasteiger partial charge is 0.251 e. The molecule has 0 aromatic carbocycles. The molecule has 0 saturated carbocycles. The molecule has 0 spiro atoms. The molecule has 0 bridgehead atoms. The van der Waals surface area contributed by atoms with Crippen molar-refractivity contribution in [3.8, 4) is 0 Å². The van der Waals surface area contributed by atoms with Crippen LogP contribution in [0.3, 0.4) is 0 Å². The number of hydrogen-bond acceptors (Lipinski definition) is 2. The Morgan fingerprint density at radius 3 is 2.55 bits per heavy atom. The predicted molar refractivity (Wildman–Crippen MR) is 42.2 cm³/mol. The largest absolute Gasteiger partial charge is 0.372 e. The molecule has 64 valence electrons. The van der Waals surface area contributed by atoms with Gasteiger partial charge < -0.3 is 9.64 Å². The average molecular weight is 157 g/mol. The van der Waals surface area contributed by atoms with E-state index in [-0.39, 0.29) is 12.0 Å². The Kier molecular flexibility index (Phi) is 2.49. The van der Waals surface area contributed by atoms with Crippen LogP contribution in [0.4, 0.5) is 0 Å². The molecule has 0 aliphatic carbocycles. The fourth-order valence-electron chi connectivity index (χ4n) is 1.24. The van der Waals surface area contributed by atoms with Gasteiger partial charge in [-0.2, -0.15) is 0 Å². The molecule has 1 aliphatic heterocycles. The Morgan fingerprint density at radius 2 is 2.18 bits per heavy atom. The van der Waals surface area contributed by atoms with Gasteiger partial charge in [-0.05, 0) is 12.8 Å². The maximum Gasteiger partial charge on any atom is 0.251 e. The van der Waals surface area contributed by atoms with E-state index in [1.165, 1.54) is 0 Å². The lowest BCUT2D eigenvalue weighted by Crippen LogP contribution is -2.52. The molecule has 0 aromatic rings. The minimum atomic E-state index is -0.275. The standard InChI is InChI=1S/C8H15NO2/c1-6-4-9(5-6)8(10)7(2)11-3/h6-7H,4-5H2,1-3H3/t7-/m1/s1. The molecular weight excluding hydrogens is 142 g/mol. The summed E-state index contributed by atoms with van der Waals surface area (Å²) in [6.07, 6.45) is -0.275. The van der Waals surface area contributed by atoms with Gasteiger partial charge in [0.25, 0.3) is 5.91 Å². The summed E-state index contributed by atoms with van der Waals surface area (Å²) in [4.78, 5) is 13.1. The summed E-state index contributed by atoms with van der Waals surface area (Å²) in [5, 5.41) is 0.